The van der Waals surface area contributed by atoms with Crippen LogP contribution in [-0.4, -0.2) is 6.29 Å². The van der Waals surface area contributed by atoms with Crippen molar-refractivity contribution < 1.29 is 4.79 Å². The van der Waals surface area contributed by atoms with Crippen molar-refractivity contribution >= 4 is 22.2 Å². The zero-order valence-electron chi connectivity index (χ0n) is 8.69. The van der Waals surface area contributed by atoms with Crippen LogP contribution in [0.1, 0.15) is 5.56 Å². The van der Waals surface area contributed by atoms with Gasteiger partial charge >= 0.3 is 0 Å². The minimum absolute atomic E-state index is 0.465. The van der Waals surface area contributed by atoms with E-state index in [9.17, 15) is 4.79 Å². The summed E-state index contributed by atoms with van der Waals surface area (Å²) < 4.78 is 1.06. The van der Waals surface area contributed by atoms with Gasteiger partial charge in [-0.15, -0.1) is 0 Å². The molecule has 0 bridgehead atoms. The van der Waals surface area contributed by atoms with Crippen molar-refractivity contribution in [2.75, 3.05) is 0 Å². The van der Waals surface area contributed by atoms with Crippen LogP contribution in [0.2, 0.25) is 0 Å². The Balaban J connectivity index is 2.46. The Kier molecular flexibility index (Phi) is 3.52. The molecule has 2 rings (SSSR count). The van der Waals surface area contributed by atoms with Gasteiger partial charge in [0.25, 0.3) is 0 Å². The van der Waals surface area contributed by atoms with Crippen molar-refractivity contribution in [3.8, 4) is 11.1 Å². The predicted molar refractivity (Wildman–Crippen MR) is 69.3 cm³/mol. The summed E-state index contributed by atoms with van der Waals surface area (Å²) in [7, 11) is 0. The lowest BCUT2D eigenvalue weighted by molar-refractivity contribution is -0.107. The van der Waals surface area contributed by atoms with Crippen LogP contribution >= 0.6 is 15.9 Å². The molecular formula is C14H11BrO. The van der Waals surface area contributed by atoms with Crippen molar-refractivity contribution in [3.63, 3.8) is 0 Å². The highest BCUT2D eigenvalue weighted by Gasteiger charge is 2.03. The van der Waals surface area contributed by atoms with Crippen molar-refractivity contribution in [3.05, 3.63) is 58.6 Å². The second-order valence-corrected chi connectivity index (χ2v) is 4.45. The number of hydrogen-bond donors (Lipinski definition) is 0. The monoisotopic (exact) mass is 274 g/mol. The Morgan fingerprint density at radius 1 is 1.00 bits per heavy atom. The molecule has 0 aromatic heterocycles. The first-order valence-corrected chi connectivity index (χ1v) is 5.88. The molecule has 0 fully saturated rings. The van der Waals surface area contributed by atoms with Gasteiger partial charge in [0.05, 0.1) is 0 Å². The fraction of sp³-hybridized carbons (Fsp3) is 0.0714. The Hall–Kier alpha value is -1.41. The molecule has 0 heterocycles. The van der Waals surface area contributed by atoms with E-state index >= 15 is 0 Å². The SMILES string of the molecule is O=CCc1ccccc1-c1ccc(Br)cc1. The topological polar surface area (TPSA) is 17.1 Å². The van der Waals surface area contributed by atoms with Crippen LogP contribution in [0.4, 0.5) is 0 Å². The van der Waals surface area contributed by atoms with E-state index in [2.05, 4.69) is 15.9 Å². The second kappa shape index (κ2) is 5.08. The average Bonchev–Trinajstić information content (AvgIpc) is 2.32. The highest BCUT2D eigenvalue weighted by atomic mass is 79.9. The van der Waals surface area contributed by atoms with Gasteiger partial charge in [0.1, 0.15) is 6.29 Å². The fourth-order valence-electron chi connectivity index (χ4n) is 1.70. The smallest absolute Gasteiger partial charge is 0.124 e. The molecule has 0 aliphatic heterocycles. The molecule has 1 nitrogen and oxygen atoms in total. The van der Waals surface area contributed by atoms with Gasteiger partial charge in [-0.3, -0.25) is 0 Å². The molecule has 2 heteroatoms. The van der Waals surface area contributed by atoms with Crippen molar-refractivity contribution in [2.24, 2.45) is 0 Å². The van der Waals surface area contributed by atoms with E-state index in [4.69, 9.17) is 0 Å². The van der Waals surface area contributed by atoms with Crippen LogP contribution in [0.25, 0.3) is 11.1 Å². The van der Waals surface area contributed by atoms with Gasteiger partial charge in [-0.25, -0.2) is 0 Å². The third kappa shape index (κ3) is 2.39. The number of aldehydes is 1. The van der Waals surface area contributed by atoms with Crippen LogP contribution in [0, 0.1) is 0 Å². The standard InChI is InChI=1S/C14H11BrO/c15-13-7-5-12(6-8-13)14-4-2-1-3-11(14)9-10-16/h1-8,10H,9H2. The Labute approximate surface area is 103 Å². The molecule has 16 heavy (non-hydrogen) atoms. The van der Waals surface area contributed by atoms with Crippen LogP contribution < -0.4 is 0 Å². The minimum Gasteiger partial charge on any atom is -0.303 e. The van der Waals surface area contributed by atoms with E-state index in [0.717, 1.165) is 27.4 Å². The van der Waals surface area contributed by atoms with E-state index in [0.29, 0.717) is 6.42 Å². The van der Waals surface area contributed by atoms with Gasteiger partial charge in [-0.05, 0) is 28.8 Å². The molecule has 2 aromatic carbocycles. The number of benzene rings is 2. The molecule has 0 saturated heterocycles. The van der Waals surface area contributed by atoms with Crippen LogP contribution in [0.5, 0.6) is 0 Å². The average molecular weight is 275 g/mol. The largest absolute Gasteiger partial charge is 0.303 e. The zero-order valence-corrected chi connectivity index (χ0v) is 10.3. The molecule has 0 aliphatic carbocycles. The molecule has 0 aliphatic rings. The Morgan fingerprint density at radius 2 is 1.69 bits per heavy atom. The Bertz CT molecular complexity index is 488. The van der Waals surface area contributed by atoms with Crippen LogP contribution in [0.15, 0.2) is 53.0 Å². The lowest BCUT2D eigenvalue weighted by Crippen LogP contribution is -1.90. The first kappa shape index (κ1) is 11.1. The summed E-state index contributed by atoms with van der Waals surface area (Å²) in [4.78, 5) is 10.6. The molecule has 0 unspecified atom stereocenters. The quantitative estimate of drug-likeness (QED) is 0.777. The zero-order chi connectivity index (χ0) is 11.4. The summed E-state index contributed by atoms with van der Waals surface area (Å²) in [5, 5.41) is 0. The molecule has 2 aromatic rings. The minimum atomic E-state index is 0.465. The number of carbonyl (C=O) groups excluding carboxylic acids is 1. The van der Waals surface area contributed by atoms with Gasteiger partial charge < -0.3 is 4.79 Å². The van der Waals surface area contributed by atoms with Crippen molar-refractivity contribution in [1.82, 2.24) is 0 Å². The predicted octanol–water partition coefficient (Wildman–Crippen LogP) is 3.86. The molecule has 0 atom stereocenters. The molecule has 80 valence electrons. The second-order valence-electron chi connectivity index (χ2n) is 3.53. The third-order valence-corrected chi connectivity index (χ3v) is 3.00. The normalized spacial score (nSPS) is 10.1. The lowest BCUT2D eigenvalue weighted by atomic mass is 9.98. The summed E-state index contributed by atoms with van der Waals surface area (Å²) in [5.74, 6) is 0. The summed E-state index contributed by atoms with van der Waals surface area (Å²) in [5.41, 5.74) is 3.34. The van der Waals surface area contributed by atoms with Gasteiger partial charge in [-0.2, -0.15) is 0 Å². The highest BCUT2D eigenvalue weighted by molar-refractivity contribution is 9.10. The number of hydrogen-bond acceptors (Lipinski definition) is 1. The molecule has 0 saturated carbocycles. The fourth-order valence-corrected chi connectivity index (χ4v) is 1.96. The molecule has 0 spiro atoms. The van der Waals surface area contributed by atoms with Gasteiger partial charge in [0.15, 0.2) is 0 Å². The number of halogens is 1. The number of rotatable bonds is 3. The van der Waals surface area contributed by atoms with E-state index in [1.54, 1.807) is 0 Å². The van der Waals surface area contributed by atoms with Crippen molar-refractivity contribution in [2.45, 2.75) is 6.42 Å². The van der Waals surface area contributed by atoms with E-state index < -0.39 is 0 Å². The maximum Gasteiger partial charge on any atom is 0.124 e. The van der Waals surface area contributed by atoms with Gasteiger partial charge in [0, 0.05) is 10.9 Å². The van der Waals surface area contributed by atoms with E-state index in [1.807, 2.05) is 48.5 Å². The molecule has 0 radical (unpaired) electrons. The van der Waals surface area contributed by atoms with E-state index in [-0.39, 0.29) is 0 Å². The maximum atomic E-state index is 10.6. The first-order valence-electron chi connectivity index (χ1n) is 5.09. The van der Waals surface area contributed by atoms with Crippen molar-refractivity contribution in [1.29, 1.82) is 0 Å². The lowest BCUT2D eigenvalue weighted by Gasteiger charge is -2.07. The highest BCUT2D eigenvalue weighted by Crippen LogP contribution is 2.25. The van der Waals surface area contributed by atoms with Crippen LogP contribution in [-0.2, 0) is 11.2 Å². The molecule has 0 N–H and O–H groups in total. The van der Waals surface area contributed by atoms with Gasteiger partial charge in [-0.1, -0.05) is 52.3 Å². The maximum absolute atomic E-state index is 10.6. The van der Waals surface area contributed by atoms with Gasteiger partial charge in [0.2, 0.25) is 0 Å². The molecule has 0 amide bonds. The van der Waals surface area contributed by atoms with E-state index in [1.165, 1.54) is 0 Å². The first-order chi connectivity index (χ1) is 7.81. The Morgan fingerprint density at radius 3 is 2.38 bits per heavy atom. The van der Waals surface area contributed by atoms with Crippen LogP contribution in [0.3, 0.4) is 0 Å². The number of carbonyl (C=O) groups is 1. The summed E-state index contributed by atoms with van der Waals surface area (Å²) in [6.07, 6.45) is 1.41. The third-order valence-electron chi connectivity index (χ3n) is 2.48. The summed E-state index contributed by atoms with van der Waals surface area (Å²) >= 11 is 3.41. The molecular weight excluding hydrogens is 264 g/mol. The summed E-state index contributed by atoms with van der Waals surface area (Å²) in [6, 6.07) is 16.1. The summed E-state index contributed by atoms with van der Waals surface area (Å²) in [6.45, 7) is 0.